The molecule has 124 valence electrons. The van der Waals surface area contributed by atoms with E-state index in [2.05, 4.69) is 25.4 Å². The Bertz CT molecular complexity index is 875. The lowest BCUT2D eigenvalue weighted by Crippen LogP contribution is -2.06. The van der Waals surface area contributed by atoms with Gasteiger partial charge in [-0.25, -0.2) is 24.1 Å². The molecule has 0 saturated carbocycles. The van der Waals surface area contributed by atoms with Gasteiger partial charge in [0.1, 0.15) is 23.5 Å². The van der Waals surface area contributed by atoms with Gasteiger partial charge in [0.05, 0.1) is 19.0 Å². The maximum Gasteiger partial charge on any atom is 0.394 e. The molecule has 0 fully saturated rings. The van der Waals surface area contributed by atoms with Crippen molar-refractivity contribution in [1.29, 1.82) is 0 Å². The fraction of sp³-hybridized carbons (Fsp3) is 0.214. The van der Waals surface area contributed by atoms with Crippen LogP contribution in [-0.4, -0.2) is 37.3 Å². The van der Waals surface area contributed by atoms with E-state index in [9.17, 15) is 9.18 Å². The van der Waals surface area contributed by atoms with Gasteiger partial charge in [0.25, 0.3) is 0 Å². The molecule has 0 spiro atoms. The number of rotatable bonds is 5. The molecule has 3 rings (SSSR count). The molecule has 10 heteroatoms. The molecule has 1 N–H and O–H groups in total. The average Bonchev–Trinajstić information content (AvgIpc) is 3.19. The maximum atomic E-state index is 14.0. The molecule has 3 aromatic rings. The van der Waals surface area contributed by atoms with Crippen LogP contribution in [0.25, 0.3) is 11.4 Å². The highest BCUT2D eigenvalue weighted by Crippen LogP contribution is 2.22. The van der Waals surface area contributed by atoms with Gasteiger partial charge in [-0.1, -0.05) is 0 Å². The Morgan fingerprint density at radius 1 is 1.46 bits per heavy atom. The van der Waals surface area contributed by atoms with Crippen LogP contribution in [0, 0.1) is 5.82 Å². The summed E-state index contributed by atoms with van der Waals surface area (Å²) < 4.78 is 25.4. The van der Waals surface area contributed by atoms with Gasteiger partial charge in [-0.2, -0.15) is 5.10 Å². The number of carbonyl (C=O) groups is 1. The Morgan fingerprint density at radius 2 is 2.29 bits per heavy atom. The summed E-state index contributed by atoms with van der Waals surface area (Å²) in [7, 11) is 1.73. The third-order valence-electron chi connectivity index (χ3n) is 3.00. The number of carbonyl (C=O) groups excluding carboxylic acids is 1. The Balaban J connectivity index is 1.89. The topological polar surface area (TPSA) is 108 Å². The smallest absolute Gasteiger partial charge is 0.394 e. The molecule has 0 aliphatic heterocycles. The summed E-state index contributed by atoms with van der Waals surface area (Å²) in [5, 5.41) is 6.90. The van der Waals surface area contributed by atoms with E-state index in [1.165, 1.54) is 0 Å². The molecule has 3 aromatic heterocycles. The van der Waals surface area contributed by atoms with Gasteiger partial charge in [0.15, 0.2) is 5.82 Å². The predicted octanol–water partition coefficient (Wildman–Crippen LogP) is 1.92. The number of oxazole rings is 1. The molecule has 3 heterocycles. The highest BCUT2D eigenvalue weighted by molar-refractivity contribution is 5.84. The van der Waals surface area contributed by atoms with E-state index in [1.807, 2.05) is 0 Å². The summed E-state index contributed by atoms with van der Waals surface area (Å²) in [5.74, 6) is -0.928. The fourth-order valence-electron chi connectivity index (χ4n) is 1.89. The lowest BCUT2D eigenvalue weighted by Gasteiger charge is -2.06. The molecule has 0 unspecified atom stereocenters. The molecule has 0 atom stereocenters. The molecule has 0 aliphatic rings. The normalized spacial score (nSPS) is 10.6. The number of nitrogens with zero attached hydrogens (tertiary/aromatic N) is 5. The van der Waals surface area contributed by atoms with Gasteiger partial charge < -0.3 is 14.5 Å². The van der Waals surface area contributed by atoms with Gasteiger partial charge in [-0.3, -0.25) is 4.68 Å². The predicted molar refractivity (Wildman–Crippen MR) is 79.9 cm³/mol. The van der Waals surface area contributed by atoms with Crippen molar-refractivity contribution in [3.8, 4) is 11.4 Å². The second kappa shape index (κ2) is 6.44. The number of anilines is 2. The highest BCUT2D eigenvalue weighted by Gasteiger charge is 2.19. The van der Waals surface area contributed by atoms with Gasteiger partial charge >= 0.3 is 11.9 Å². The lowest BCUT2D eigenvalue weighted by molar-refractivity contribution is 0.0481. The van der Waals surface area contributed by atoms with E-state index in [0.29, 0.717) is 5.82 Å². The van der Waals surface area contributed by atoms with E-state index in [-0.39, 0.29) is 29.8 Å². The zero-order valence-electron chi connectivity index (χ0n) is 12.9. The summed E-state index contributed by atoms with van der Waals surface area (Å²) in [6.07, 6.45) is 3.72. The van der Waals surface area contributed by atoms with Crippen molar-refractivity contribution in [2.75, 3.05) is 11.9 Å². The molecule has 0 bridgehead atoms. The van der Waals surface area contributed by atoms with Crippen molar-refractivity contribution in [3.05, 3.63) is 36.4 Å². The first-order valence-corrected chi connectivity index (χ1v) is 6.99. The maximum absolute atomic E-state index is 14.0. The summed E-state index contributed by atoms with van der Waals surface area (Å²) in [6, 6.07) is 1.71. The first-order valence-electron chi connectivity index (χ1n) is 6.99. The monoisotopic (exact) mass is 332 g/mol. The molecule has 0 aromatic carbocycles. The minimum absolute atomic E-state index is 0.0611. The Morgan fingerprint density at radius 3 is 3.00 bits per heavy atom. The van der Waals surface area contributed by atoms with Crippen LogP contribution in [0.5, 0.6) is 0 Å². The van der Waals surface area contributed by atoms with E-state index in [0.717, 1.165) is 12.5 Å². The van der Waals surface area contributed by atoms with Crippen molar-refractivity contribution in [3.63, 3.8) is 0 Å². The third kappa shape index (κ3) is 3.07. The number of hydrogen-bond donors (Lipinski definition) is 1. The standard InChI is InChI=1S/C14H13FN6O3/c1-3-23-13(22)12-18-9(7-24-12)11-8(15)6-16-14(20-11)19-10-4-5-17-21(10)2/h4-7H,3H2,1-2H3,(H,16,19,20). The largest absolute Gasteiger partial charge is 0.459 e. The molecule has 24 heavy (non-hydrogen) atoms. The van der Waals surface area contributed by atoms with Gasteiger partial charge in [0, 0.05) is 13.1 Å². The summed E-state index contributed by atoms with van der Waals surface area (Å²) in [6.45, 7) is 1.83. The highest BCUT2D eigenvalue weighted by atomic mass is 19.1. The molecule has 0 aliphatic carbocycles. The van der Waals surface area contributed by atoms with Crippen LogP contribution in [0.15, 0.2) is 29.1 Å². The fourth-order valence-corrected chi connectivity index (χ4v) is 1.89. The van der Waals surface area contributed by atoms with E-state index >= 15 is 0 Å². The van der Waals surface area contributed by atoms with Crippen LogP contribution in [0.3, 0.4) is 0 Å². The first-order chi connectivity index (χ1) is 11.6. The summed E-state index contributed by atoms with van der Waals surface area (Å²) >= 11 is 0. The van der Waals surface area contributed by atoms with Crippen molar-refractivity contribution >= 4 is 17.7 Å². The van der Waals surface area contributed by atoms with Crippen LogP contribution in [0.2, 0.25) is 0 Å². The molecule has 9 nitrogen and oxygen atoms in total. The third-order valence-corrected chi connectivity index (χ3v) is 3.00. The summed E-state index contributed by atoms with van der Waals surface area (Å²) in [4.78, 5) is 23.4. The molecule has 0 amide bonds. The van der Waals surface area contributed by atoms with Crippen LogP contribution in [0.1, 0.15) is 17.6 Å². The second-order valence-electron chi connectivity index (χ2n) is 4.61. The van der Waals surface area contributed by atoms with Crippen LogP contribution in [0.4, 0.5) is 16.2 Å². The molecular weight excluding hydrogens is 319 g/mol. The minimum atomic E-state index is -0.730. The number of halogens is 1. The van der Waals surface area contributed by atoms with Crippen molar-refractivity contribution < 1.29 is 18.3 Å². The minimum Gasteiger partial charge on any atom is -0.459 e. The number of ether oxygens (including phenoxy) is 1. The van der Waals surface area contributed by atoms with Crippen molar-refractivity contribution in [1.82, 2.24) is 24.7 Å². The van der Waals surface area contributed by atoms with Gasteiger partial charge in [-0.15, -0.1) is 0 Å². The van der Waals surface area contributed by atoms with Crippen LogP contribution < -0.4 is 5.32 Å². The van der Waals surface area contributed by atoms with E-state index < -0.39 is 11.8 Å². The number of aromatic nitrogens is 5. The Labute approximate surface area is 135 Å². The number of aryl methyl sites for hydroxylation is 1. The zero-order valence-corrected chi connectivity index (χ0v) is 12.9. The number of hydrogen-bond acceptors (Lipinski definition) is 8. The van der Waals surface area contributed by atoms with Crippen LogP contribution in [-0.2, 0) is 11.8 Å². The van der Waals surface area contributed by atoms with E-state index in [4.69, 9.17) is 9.15 Å². The van der Waals surface area contributed by atoms with Gasteiger partial charge in [0.2, 0.25) is 5.95 Å². The quantitative estimate of drug-likeness (QED) is 0.706. The van der Waals surface area contributed by atoms with Crippen molar-refractivity contribution in [2.24, 2.45) is 7.05 Å². The second-order valence-corrected chi connectivity index (χ2v) is 4.61. The molecule has 0 saturated heterocycles. The lowest BCUT2D eigenvalue weighted by atomic mass is 10.3. The molecule has 0 radical (unpaired) electrons. The van der Waals surface area contributed by atoms with Crippen molar-refractivity contribution in [2.45, 2.75) is 6.92 Å². The SMILES string of the molecule is CCOC(=O)c1nc(-c2nc(Nc3ccnn3C)ncc2F)co1. The van der Waals surface area contributed by atoms with E-state index in [1.54, 1.807) is 30.9 Å². The average molecular weight is 332 g/mol. The Hall–Kier alpha value is -3.30. The molecular formula is C14H13FN6O3. The number of esters is 1. The van der Waals surface area contributed by atoms with Crippen LogP contribution >= 0.6 is 0 Å². The zero-order chi connectivity index (χ0) is 17.1. The van der Waals surface area contributed by atoms with Gasteiger partial charge in [-0.05, 0) is 6.92 Å². The first kappa shape index (κ1) is 15.6. The summed E-state index contributed by atoms with van der Waals surface area (Å²) in [5.41, 5.74) is -0.0417. The Kier molecular flexibility index (Phi) is 4.18. The number of nitrogens with one attached hydrogen (secondary N) is 1.